The van der Waals surface area contributed by atoms with Gasteiger partial charge in [0.15, 0.2) is 0 Å². The Bertz CT molecular complexity index is 685. The molecule has 2 rings (SSSR count). The van der Waals surface area contributed by atoms with Gasteiger partial charge in [0, 0.05) is 27.7 Å². The summed E-state index contributed by atoms with van der Waals surface area (Å²) in [7, 11) is 2.10. The molecule has 1 aliphatic carbocycles. The predicted molar refractivity (Wildman–Crippen MR) is 119 cm³/mol. The molecule has 9 heteroatoms. The highest BCUT2D eigenvalue weighted by Crippen LogP contribution is 2.35. The van der Waals surface area contributed by atoms with E-state index in [1.807, 2.05) is 12.1 Å². The average molecular weight is 538 g/mol. The predicted octanol–water partition coefficient (Wildman–Crippen LogP) is 2.11. The Morgan fingerprint density at radius 3 is 2.38 bits per heavy atom. The van der Waals surface area contributed by atoms with Crippen molar-refractivity contribution in [2.45, 2.75) is 69.1 Å². The molecule has 0 radical (unpaired) electrons. The van der Waals surface area contributed by atoms with Gasteiger partial charge in [0.05, 0.1) is 12.3 Å². The Kier molecular flexibility index (Phi) is 10.2. The summed E-state index contributed by atoms with van der Waals surface area (Å²) in [6.45, 7) is -0.0438. The molecule has 0 unspecified atom stereocenters. The third kappa shape index (κ3) is 7.07. The summed E-state index contributed by atoms with van der Waals surface area (Å²) in [5.41, 5.74) is 1.58. The Morgan fingerprint density at radius 1 is 1.10 bits per heavy atom. The van der Waals surface area contributed by atoms with Gasteiger partial charge >= 0.3 is 0 Å². The van der Waals surface area contributed by atoms with Crippen molar-refractivity contribution in [1.82, 2.24) is 4.90 Å². The van der Waals surface area contributed by atoms with Crippen LogP contribution < -0.4 is 0 Å². The molecule has 1 aliphatic rings. The Labute approximate surface area is 188 Å². The lowest BCUT2D eigenvalue weighted by Gasteiger charge is -2.31. The minimum Gasteiger partial charge on any atom is -0.394 e. The fraction of sp³-hybridized carbons (Fsp3) is 0.650. The first-order valence-corrected chi connectivity index (χ1v) is 11.4. The van der Waals surface area contributed by atoms with Gasteiger partial charge in [-0.25, -0.2) is 0 Å². The van der Waals surface area contributed by atoms with Crippen LogP contribution in [0.1, 0.15) is 37.7 Å². The largest absolute Gasteiger partial charge is 0.394 e. The van der Waals surface area contributed by atoms with Gasteiger partial charge in [-0.1, -0.05) is 35.2 Å². The van der Waals surface area contributed by atoms with Crippen molar-refractivity contribution in [3.63, 3.8) is 0 Å². The van der Waals surface area contributed by atoms with Gasteiger partial charge in [-0.3, -0.25) is 9.89 Å². The van der Waals surface area contributed by atoms with Gasteiger partial charge in [-0.15, -0.1) is 0 Å². The first-order valence-electron chi connectivity index (χ1n) is 9.80. The number of nitrogens with zero attached hydrogens (tertiary/aromatic N) is 2. The van der Waals surface area contributed by atoms with E-state index >= 15 is 0 Å². The second kappa shape index (κ2) is 11.9. The normalized spacial score (nSPS) is 20.2. The van der Waals surface area contributed by atoms with Crippen molar-refractivity contribution in [3.05, 3.63) is 26.6 Å². The molecule has 0 aliphatic heterocycles. The zero-order valence-corrected chi connectivity index (χ0v) is 19.6. The topological polar surface area (TPSA) is 117 Å². The van der Waals surface area contributed by atoms with Gasteiger partial charge in [0.2, 0.25) is 0 Å². The van der Waals surface area contributed by atoms with Gasteiger partial charge in [-0.2, -0.15) is 0 Å². The number of hydrogen-bond acceptors (Lipinski definition) is 7. The van der Waals surface area contributed by atoms with E-state index in [9.17, 15) is 20.4 Å². The first kappa shape index (κ1) is 24.9. The number of aliphatic hydroxyl groups is 5. The lowest BCUT2D eigenvalue weighted by Crippen LogP contribution is -2.46. The molecule has 1 aromatic carbocycles. The maximum Gasteiger partial charge on any atom is 0.118 e. The van der Waals surface area contributed by atoms with Crippen LogP contribution in [0.15, 0.2) is 26.1 Å². The van der Waals surface area contributed by atoms with E-state index < -0.39 is 31.0 Å². The fourth-order valence-electron chi connectivity index (χ4n) is 3.58. The van der Waals surface area contributed by atoms with Crippen molar-refractivity contribution in [3.8, 4) is 0 Å². The van der Waals surface area contributed by atoms with Crippen LogP contribution >= 0.6 is 31.9 Å². The minimum absolute atomic E-state index is 0.529. The third-order valence-corrected chi connectivity index (χ3v) is 6.42. The summed E-state index contributed by atoms with van der Waals surface area (Å²) in [5, 5.41) is 48.2. The number of halogens is 2. The SMILES string of the molecule is CN(Cc1cc(Br)cc(Br)c1N=C[C@H](O)[C@@H](O)[C@H](O)[C@H](O)CO)C1CCCCC1. The van der Waals surface area contributed by atoms with Crippen LogP contribution in [0.25, 0.3) is 0 Å². The molecule has 164 valence electrons. The summed E-state index contributed by atoms with van der Waals surface area (Å²) in [6, 6.07) is 4.36. The van der Waals surface area contributed by atoms with Crippen LogP contribution in [0.3, 0.4) is 0 Å². The van der Waals surface area contributed by atoms with E-state index in [0.29, 0.717) is 18.3 Å². The molecule has 1 fully saturated rings. The van der Waals surface area contributed by atoms with Crippen molar-refractivity contribution < 1.29 is 25.5 Å². The molecule has 29 heavy (non-hydrogen) atoms. The first-order chi connectivity index (χ1) is 13.7. The monoisotopic (exact) mass is 536 g/mol. The maximum absolute atomic E-state index is 10.1. The van der Waals surface area contributed by atoms with E-state index in [1.54, 1.807) is 0 Å². The second-order valence-electron chi connectivity index (χ2n) is 7.60. The highest BCUT2D eigenvalue weighted by atomic mass is 79.9. The summed E-state index contributed by atoms with van der Waals surface area (Å²) >= 11 is 7.01. The molecule has 0 heterocycles. The molecule has 0 aromatic heterocycles. The lowest BCUT2D eigenvalue weighted by molar-refractivity contribution is -0.0999. The van der Waals surface area contributed by atoms with Crippen molar-refractivity contribution in [2.75, 3.05) is 13.7 Å². The summed E-state index contributed by atoms with van der Waals surface area (Å²) in [6.07, 6.45) is 0.853. The molecular weight excluding hydrogens is 508 g/mol. The Morgan fingerprint density at radius 2 is 1.76 bits per heavy atom. The van der Waals surface area contributed by atoms with Gasteiger partial charge < -0.3 is 25.5 Å². The molecule has 5 N–H and O–H groups in total. The van der Waals surface area contributed by atoms with Gasteiger partial charge in [0.25, 0.3) is 0 Å². The van der Waals surface area contributed by atoms with Crippen LogP contribution in [-0.4, -0.2) is 80.8 Å². The number of benzene rings is 1. The number of rotatable bonds is 9. The maximum atomic E-state index is 10.1. The standard InChI is InChI=1S/C20H30Br2N2O5/c1-24(14-5-3-2-4-6-14)10-12-7-13(21)8-15(22)18(12)23-9-16(26)19(28)20(29)17(27)11-25/h7-9,14,16-17,19-20,25-29H,2-6,10-11H2,1H3/t16-,17+,19+,20+/m0/s1. The molecule has 0 saturated heterocycles. The zero-order chi connectivity index (χ0) is 21.6. The fourth-order valence-corrected chi connectivity index (χ4v) is 5.00. The molecule has 4 atom stereocenters. The summed E-state index contributed by atoms with van der Waals surface area (Å²) in [5.74, 6) is 0. The van der Waals surface area contributed by atoms with Gasteiger partial charge in [-0.05, 0) is 53.5 Å². The molecule has 7 nitrogen and oxygen atoms in total. The number of aliphatic hydroxyl groups excluding tert-OH is 5. The molecule has 0 amide bonds. The van der Waals surface area contributed by atoms with Crippen LogP contribution in [-0.2, 0) is 6.54 Å². The number of hydrogen-bond donors (Lipinski definition) is 5. The van der Waals surface area contributed by atoms with Crippen molar-refractivity contribution in [1.29, 1.82) is 0 Å². The van der Waals surface area contributed by atoms with Crippen LogP contribution in [0.4, 0.5) is 5.69 Å². The highest BCUT2D eigenvalue weighted by Gasteiger charge is 2.29. The Balaban J connectivity index is 2.17. The summed E-state index contributed by atoms with van der Waals surface area (Å²) in [4.78, 5) is 6.67. The molecule has 1 saturated carbocycles. The van der Waals surface area contributed by atoms with Crippen LogP contribution in [0.5, 0.6) is 0 Å². The molecule has 1 aromatic rings. The van der Waals surface area contributed by atoms with Crippen LogP contribution in [0, 0.1) is 0 Å². The van der Waals surface area contributed by atoms with Crippen molar-refractivity contribution >= 4 is 43.8 Å². The Hall–Kier alpha value is -0.390. The smallest absolute Gasteiger partial charge is 0.118 e. The van der Waals surface area contributed by atoms with E-state index in [4.69, 9.17) is 5.11 Å². The van der Waals surface area contributed by atoms with E-state index in [1.165, 1.54) is 32.1 Å². The molecular formula is C20H30Br2N2O5. The second-order valence-corrected chi connectivity index (χ2v) is 9.37. The number of aliphatic imine (C=N–C) groups is 1. The lowest BCUT2D eigenvalue weighted by atomic mass is 9.94. The van der Waals surface area contributed by atoms with Gasteiger partial charge in [0.1, 0.15) is 24.4 Å². The van der Waals surface area contributed by atoms with E-state index in [0.717, 1.165) is 20.7 Å². The quantitative estimate of drug-likeness (QED) is 0.308. The minimum atomic E-state index is -1.69. The van der Waals surface area contributed by atoms with E-state index in [2.05, 4.69) is 48.8 Å². The van der Waals surface area contributed by atoms with E-state index in [-0.39, 0.29) is 0 Å². The summed E-state index contributed by atoms with van der Waals surface area (Å²) < 4.78 is 1.63. The van der Waals surface area contributed by atoms with Crippen molar-refractivity contribution in [2.24, 2.45) is 4.99 Å². The van der Waals surface area contributed by atoms with Crippen LogP contribution in [0.2, 0.25) is 0 Å². The molecule has 0 bridgehead atoms. The molecule has 0 spiro atoms. The zero-order valence-electron chi connectivity index (χ0n) is 16.5. The highest BCUT2D eigenvalue weighted by molar-refractivity contribution is 9.11. The third-order valence-electron chi connectivity index (χ3n) is 5.36. The average Bonchev–Trinajstić information content (AvgIpc) is 2.71.